The molecule has 1 unspecified atom stereocenters. The topological polar surface area (TPSA) is 93.2 Å². The normalized spacial score (nSPS) is 16.4. The molecule has 0 fully saturated rings. The quantitative estimate of drug-likeness (QED) is 0.468. The number of oxazole rings is 1. The van der Waals surface area contributed by atoms with Gasteiger partial charge in [-0.2, -0.15) is 5.10 Å². The summed E-state index contributed by atoms with van der Waals surface area (Å²) in [6, 6.07) is 8.41. The summed E-state index contributed by atoms with van der Waals surface area (Å²) >= 11 is 0. The SMILES string of the molecule is CCNC(=NCc1coc(-c2ccc(C)cc2)n1)NC1CCc2nc(C(C)C)nn2C1. The van der Waals surface area contributed by atoms with E-state index in [1.165, 1.54) is 5.56 Å². The number of fused-ring (bicyclic) bond motifs is 1. The van der Waals surface area contributed by atoms with Crippen molar-refractivity contribution in [2.45, 2.75) is 65.6 Å². The van der Waals surface area contributed by atoms with Gasteiger partial charge in [0.25, 0.3) is 0 Å². The van der Waals surface area contributed by atoms with Crippen molar-refractivity contribution < 1.29 is 4.42 Å². The zero-order valence-electron chi connectivity index (χ0n) is 18.7. The molecule has 0 aliphatic carbocycles. The van der Waals surface area contributed by atoms with Crippen LogP contribution in [0.5, 0.6) is 0 Å². The second-order valence-electron chi connectivity index (χ2n) is 8.31. The van der Waals surface area contributed by atoms with E-state index in [0.717, 1.165) is 54.8 Å². The first kappa shape index (κ1) is 21.1. The van der Waals surface area contributed by atoms with Crippen LogP contribution in [0, 0.1) is 6.92 Å². The Kier molecular flexibility index (Phi) is 6.34. The maximum absolute atomic E-state index is 5.65. The van der Waals surface area contributed by atoms with Crippen LogP contribution in [0.2, 0.25) is 0 Å². The summed E-state index contributed by atoms with van der Waals surface area (Å²) in [6.07, 6.45) is 3.60. The molecule has 2 N–H and O–H groups in total. The first-order valence-corrected chi connectivity index (χ1v) is 11.0. The number of rotatable bonds is 6. The predicted octanol–water partition coefficient (Wildman–Crippen LogP) is 3.44. The van der Waals surface area contributed by atoms with Gasteiger partial charge in [0.05, 0.1) is 13.1 Å². The van der Waals surface area contributed by atoms with E-state index in [1.807, 2.05) is 16.8 Å². The van der Waals surface area contributed by atoms with Crippen molar-refractivity contribution in [1.82, 2.24) is 30.4 Å². The highest BCUT2D eigenvalue weighted by molar-refractivity contribution is 5.80. The lowest BCUT2D eigenvalue weighted by atomic mass is 10.1. The van der Waals surface area contributed by atoms with Gasteiger partial charge >= 0.3 is 0 Å². The zero-order chi connectivity index (χ0) is 21.8. The van der Waals surface area contributed by atoms with E-state index in [4.69, 9.17) is 9.41 Å². The van der Waals surface area contributed by atoms with E-state index in [9.17, 15) is 0 Å². The highest BCUT2D eigenvalue weighted by atomic mass is 16.3. The fourth-order valence-corrected chi connectivity index (χ4v) is 3.57. The Morgan fingerprint density at radius 3 is 2.81 bits per heavy atom. The Labute approximate surface area is 183 Å². The van der Waals surface area contributed by atoms with Crippen LogP contribution in [0.4, 0.5) is 0 Å². The Morgan fingerprint density at radius 1 is 1.26 bits per heavy atom. The molecule has 4 rings (SSSR count). The Morgan fingerprint density at radius 2 is 2.06 bits per heavy atom. The zero-order valence-corrected chi connectivity index (χ0v) is 18.7. The molecule has 0 saturated heterocycles. The molecule has 0 radical (unpaired) electrons. The van der Waals surface area contributed by atoms with Gasteiger partial charge in [0, 0.05) is 30.5 Å². The van der Waals surface area contributed by atoms with Gasteiger partial charge in [-0.25, -0.2) is 19.6 Å². The molecule has 3 aromatic rings. The number of nitrogens with zero attached hydrogens (tertiary/aromatic N) is 5. The number of benzene rings is 1. The smallest absolute Gasteiger partial charge is 0.226 e. The number of hydrogen-bond donors (Lipinski definition) is 2. The van der Waals surface area contributed by atoms with Crippen molar-refractivity contribution in [3.05, 3.63) is 53.4 Å². The second-order valence-corrected chi connectivity index (χ2v) is 8.31. The van der Waals surface area contributed by atoms with Gasteiger partial charge in [0.2, 0.25) is 5.89 Å². The Balaban J connectivity index is 1.40. The fraction of sp³-hybridized carbons (Fsp3) is 0.478. The van der Waals surface area contributed by atoms with E-state index in [1.54, 1.807) is 6.26 Å². The van der Waals surface area contributed by atoms with Gasteiger partial charge in [0.15, 0.2) is 11.8 Å². The average Bonchev–Trinajstić information content (AvgIpc) is 3.40. The first-order chi connectivity index (χ1) is 15.0. The summed E-state index contributed by atoms with van der Waals surface area (Å²) in [4.78, 5) is 14.0. The lowest BCUT2D eigenvalue weighted by molar-refractivity contribution is 0.391. The van der Waals surface area contributed by atoms with Crippen LogP contribution < -0.4 is 10.6 Å². The minimum Gasteiger partial charge on any atom is -0.444 e. The maximum Gasteiger partial charge on any atom is 0.226 e. The summed E-state index contributed by atoms with van der Waals surface area (Å²) in [5.41, 5.74) is 2.98. The summed E-state index contributed by atoms with van der Waals surface area (Å²) in [5.74, 6) is 3.74. The summed E-state index contributed by atoms with van der Waals surface area (Å²) in [7, 11) is 0. The molecule has 3 heterocycles. The number of nitrogens with one attached hydrogen (secondary N) is 2. The van der Waals surface area contributed by atoms with E-state index in [2.05, 4.69) is 65.5 Å². The van der Waals surface area contributed by atoms with Crippen LogP contribution in [0.1, 0.15) is 56.0 Å². The molecular formula is C23H31N7O. The predicted molar refractivity (Wildman–Crippen MR) is 121 cm³/mol. The average molecular weight is 422 g/mol. The number of aryl methyl sites for hydroxylation is 2. The van der Waals surface area contributed by atoms with Crippen molar-refractivity contribution in [3.8, 4) is 11.5 Å². The monoisotopic (exact) mass is 421 g/mol. The Bertz CT molecular complexity index is 1030. The van der Waals surface area contributed by atoms with E-state index in [0.29, 0.717) is 18.4 Å². The van der Waals surface area contributed by atoms with E-state index >= 15 is 0 Å². The minimum absolute atomic E-state index is 0.257. The fourth-order valence-electron chi connectivity index (χ4n) is 3.57. The van der Waals surface area contributed by atoms with Gasteiger partial charge in [-0.15, -0.1) is 0 Å². The molecule has 0 saturated carbocycles. The minimum atomic E-state index is 0.257. The molecule has 1 aliphatic heterocycles. The van der Waals surface area contributed by atoms with Crippen molar-refractivity contribution in [2.75, 3.05) is 6.54 Å². The highest BCUT2D eigenvalue weighted by Crippen LogP contribution is 2.20. The molecule has 0 amide bonds. The number of guanidine groups is 1. The third kappa shape index (κ3) is 5.13. The van der Waals surface area contributed by atoms with Gasteiger partial charge < -0.3 is 15.1 Å². The van der Waals surface area contributed by atoms with Crippen molar-refractivity contribution in [2.24, 2.45) is 4.99 Å². The molecule has 1 aliphatic rings. The first-order valence-electron chi connectivity index (χ1n) is 11.0. The number of aromatic nitrogens is 4. The molecule has 2 aromatic heterocycles. The lowest BCUT2D eigenvalue weighted by Crippen LogP contribution is -2.47. The van der Waals surface area contributed by atoms with Crippen molar-refractivity contribution in [3.63, 3.8) is 0 Å². The van der Waals surface area contributed by atoms with Gasteiger partial charge in [-0.3, -0.25) is 0 Å². The molecule has 1 aromatic carbocycles. The van der Waals surface area contributed by atoms with Crippen LogP contribution in [0.15, 0.2) is 39.9 Å². The second kappa shape index (κ2) is 9.32. The summed E-state index contributed by atoms with van der Waals surface area (Å²) < 4.78 is 7.69. The van der Waals surface area contributed by atoms with Crippen LogP contribution in [-0.4, -0.2) is 38.3 Å². The standard InChI is InChI=1S/C23H31N7O/c1-5-24-23(27-18-10-11-20-28-21(15(2)3)29-30(20)13-18)25-12-19-14-31-22(26-19)17-8-6-16(4)7-9-17/h6-9,14-15,18H,5,10-13H2,1-4H3,(H2,24,25,27). The van der Waals surface area contributed by atoms with E-state index < -0.39 is 0 Å². The molecular weight excluding hydrogens is 390 g/mol. The van der Waals surface area contributed by atoms with Crippen molar-refractivity contribution >= 4 is 5.96 Å². The third-order valence-corrected chi connectivity index (χ3v) is 5.33. The molecule has 0 bridgehead atoms. The molecule has 31 heavy (non-hydrogen) atoms. The summed E-state index contributed by atoms with van der Waals surface area (Å²) in [6.45, 7) is 10.4. The number of aliphatic imine (C=N–C) groups is 1. The molecule has 1 atom stereocenters. The van der Waals surface area contributed by atoms with Gasteiger partial charge in [-0.1, -0.05) is 31.5 Å². The van der Waals surface area contributed by atoms with Crippen LogP contribution in [0.3, 0.4) is 0 Å². The molecule has 8 nitrogen and oxygen atoms in total. The largest absolute Gasteiger partial charge is 0.444 e. The molecule has 8 heteroatoms. The maximum atomic E-state index is 5.65. The molecule has 0 spiro atoms. The highest BCUT2D eigenvalue weighted by Gasteiger charge is 2.23. The number of hydrogen-bond acceptors (Lipinski definition) is 5. The lowest BCUT2D eigenvalue weighted by Gasteiger charge is -2.25. The summed E-state index contributed by atoms with van der Waals surface area (Å²) in [5, 5.41) is 11.5. The van der Waals surface area contributed by atoms with E-state index in [-0.39, 0.29) is 6.04 Å². The molecule has 164 valence electrons. The van der Waals surface area contributed by atoms with Crippen LogP contribution in [0.25, 0.3) is 11.5 Å². The van der Waals surface area contributed by atoms with Crippen molar-refractivity contribution in [1.29, 1.82) is 0 Å². The Hall–Kier alpha value is -3.16. The third-order valence-electron chi connectivity index (χ3n) is 5.33. The van der Waals surface area contributed by atoms with Crippen LogP contribution >= 0.6 is 0 Å². The van der Waals surface area contributed by atoms with Crippen LogP contribution in [-0.2, 0) is 19.5 Å². The van der Waals surface area contributed by atoms with Gasteiger partial charge in [-0.05, 0) is 32.4 Å². The van der Waals surface area contributed by atoms with Gasteiger partial charge in [0.1, 0.15) is 17.8 Å².